The van der Waals surface area contributed by atoms with E-state index in [1.807, 2.05) is 0 Å². The van der Waals surface area contributed by atoms with Gasteiger partial charge >= 0.3 is 5.97 Å². The monoisotopic (exact) mass is 611 g/mol. The van der Waals surface area contributed by atoms with E-state index < -0.39 is 0 Å². The maximum atomic E-state index is 12.6. The maximum absolute atomic E-state index is 12.6. The van der Waals surface area contributed by atoms with Crippen molar-refractivity contribution < 1.29 is 9.53 Å². The molecule has 0 N–H and O–H groups in total. The minimum Gasteiger partial charge on any atom is -0.459 e. The molecule has 0 aliphatic carbocycles. The van der Waals surface area contributed by atoms with Gasteiger partial charge in [0.25, 0.3) is 0 Å². The summed E-state index contributed by atoms with van der Waals surface area (Å²) in [6.45, 7) is 6.89. The highest BCUT2D eigenvalue weighted by atomic mass is 31.0. The average Bonchev–Trinajstić information content (AvgIpc) is 3.00. The normalized spacial score (nSPS) is 11.8. The number of hydrogen-bond acceptors (Lipinski definition) is 2. The fraction of sp³-hybridized carbons (Fsp3) is 0.974. The van der Waals surface area contributed by atoms with Crippen LogP contribution in [0, 0.1) is 0 Å². The summed E-state index contributed by atoms with van der Waals surface area (Å²) in [5.41, 5.74) is -0.214. The smallest absolute Gasteiger partial charge is 0.310 e. The largest absolute Gasteiger partial charge is 0.459 e. The average molecular weight is 611 g/mol. The highest BCUT2D eigenvalue weighted by molar-refractivity contribution is 7.18. The van der Waals surface area contributed by atoms with Gasteiger partial charge in [0.1, 0.15) is 5.60 Å². The molecule has 1 atom stereocenters. The Hall–Kier alpha value is -0.100. The van der Waals surface area contributed by atoms with Crippen LogP contribution in [0.2, 0.25) is 0 Å². The van der Waals surface area contributed by atoms with Crippen molar-refractivity contribution in [2.24, 2.45) is 0 Å². The highest BCUT2D eigenvalue weighted by Gasteiger charge is 2.32. The molecule has 42 heavy (non-hydrogen) atoms. The fourth-order valence-corrected chi connectivity index (χ4v) is 6.70. The third-order valence-electron chi connectivity index (χ3n) is 9.45. The number of ether oxygens (including phenoxy) is 1. The summed E-state index contributed by atoms with van der Waals surface area (Å²) in [6, 6.07) is 0. The van der Waals surface area contributed by atoms with Crippen molar-refractivity contribution in [2.75, 3.05) is 6.16 Å². The van der Waals surface area contributed by atoms with Gasteiger partial charge in [-0.3, -0.25) is 4.79 Å². The molecule has 0 saturated carbocycles. The number of esters is 1. The Morgan fingerprint density at radius 1 is 0.405 bits per heavy atom. The van der Waals surface area contributed by atoms with Crippen LogP contribution < -0.4 is 0 Å². The van der Waals surface area contributed by atoms with Crippen LogP contribution in [0.3, 0.4) is 0 Å². The molecule has 0 heterocycles. The summed E-state index contributed by atoms with van der Waals surface area (Å²) in [5, 5.41) is 0. The van der Waals surface area contributed by atoms with Crippen molar-refractivity contribution >= 4 is 15.2 Å². The SMILES string of the molecule is CCCCCCCCCCCCC(CCCCCCCCCCCC)(CCCCCCCCCCCC)OC(=O)CP. The van der Waals surface area contributed by atoms with E-state index in [4.69, 9.17) is 4.74 Å². The van der Waals surface area contributed by atoms with Gasteiger partial charge in [-0.2, -0.15) is 0 Å². The Morgan fingerprint density at radius 3 is 0.833 bits per heavy atom. The molecule has 0 aromatic heterocycles. The van der Waals surface area contributed by atoms with Gasteiger partial charge in [-0.05, 0) is 38.5 Å². The van der Waals surface area contributed by atoms with Crippen LogP contribution in [0.1, 0.15) is 233 Å². The zero-order chi connectivity index (χ0) is 30.8. The van der Waals surface area contributed by atoms with E-state index >= 15 is 0 Å². The third kappa shape index (κ3) is 28.7. The first-order valence-corrected chi connectivity index (χ1v) is 20.4. The third-order valence-corrected chi connectivity index (χ3v) is 9.79. The molecule has 252 valence electrons. The highest BCUT2D eigenvalue weighted by Crippen LogP contribution is 2.33. The molecule has 0 aliphatic heterocycles. The van der Waals surface area contributed by atoms with Gasteiger partial charge in [0.15, 0.2) is 0 Å². The standard InChI is InChI=1S/C39H79O2P/c1-4-7-10-13-16-19-22-25-28-31-34-39(41-38(40)37-42,35-32-29-26-23-20-17-14-11-8-5-2)36-33-30-27-24-21-18-15-12-9-6-3/h4-37,42H2,1-3H3. The lowest BCUT2D eigenvalue weighted by atomic mass is 9.84. The molecular weight excluding hydrogens is 531 g/mol. The molecule has 0 radical (unpaired) electrons. The van der Waals surface area contributed by atoms with Crippen molar-refractivity contribution in [3.63, 3.8) is 0 Å². The zero-order valence-corrected chi connectivity index (χ0v) is 30.6. The molecule has 2 nitrogen and oxygen atoms in total. The Balaban J connectivity index is 4.63. The zero-order valence-electron chi connectivity index (χ0n) is 29.4. The molecule has 0 saturated heterocycles. The topological polar surface area (TPSA) is 26.3 Å². The van der Waals surface area contributed by atoms with Gasteiger partial charge in [0.2, 0.25) is 0 Å². The van der Waals surface area contributed by atoms with Gasteiger partial charge in [0.05, 0.1) is 6.16 Å². The summed E-state index contributed by atoms with van der Waals surface area (Å²) >= 11 is 0. The van der Waals surface area contributed by atoms with Gasteiger partial charge in [-0.1, -0.05) is 194 Å². The summed E-state index contributed by atoms with van der Waals surface area (Å²) < 4.78 is 6.38. The molecular formula is C39H79O2P. The molecule has 1 unspecified atom stereocenters. The van der Waals surface area contributed by atoms with Gasteiger partial charge in [-0.15, -0.1) is 9.24 Å². The molecule has 0 aliphatic rings. The van der Waals surface area contributed by atoms with Crippen LogP contribution >= 0.6 is 9.24 Å². The first kappa shape index (κ1) is 41.9. The molecule has 0 amide bonds. The van der Waals surface area contributed by atoms with E-state index in [-0.39, 0.29) is 11.6 Å². The minimum atomic E-state index is -0.214. The second-order valence-electron chi connectivity index (χ2n) is 13.7. The van der Waals surface area contributed by atoms with E-state index in [0.29, 0.717) is 6.16 Å². The van der Waals surface area contributed by atoms with E-state index in [1.54, 1.807) is 0 Å². The Morgan fingerprint density at radius 2 is 0.619 bits per heavy atom. The predicted octanol–water partition coefficient (Wildman–Crippen LogP) is 14.1. The van der Waals surface area contributed by atoms with Crippen molar-refractivity contribution in [3.05, 3.63) is 0 Å². The molecule has 0 rings (SSSR count). The van der Waals surface area contributed by atoms with Crippen LogP contribution in [0.5, 0.6) is 0 Å². The Labute approximate surface area is 268 Å². The van der Waals surface area contributed by atoms with Crippen molar-refractivity contribution in [1.82, 2.24) is 0 Å². The molecule has 0 fully saturated rings. The summed E-state index contributed by atoms with van der Waals surface area (Å²) in [6.07, 6.45) is 44.5. The van der Waals surface area contributed by atoms with Crippen LogP contribution in [0.25, 0.3) is 0 Å². The summed E-state index contributed by atoms with van der Waals surface area (Å²) in [4.78, 5) is 12.6. The van der Waals surface area contributed by atoms with Crippen LogP contribution in [0.4, 0.5) is 0 Å². The van der Waals surface area contributed by atoms with Crippen LogP contribution in [-0.2, 0) is 9.53 Å². The molecule has 0 spiro atoms. The van der Waals surface area contributed by atoms with Gasteiger partial charge in [0, 0.05) is 0 Å². The molecule has 0 aromatic carbocycles. The van der Waals surface area contributed by atoms with Crippen LogP contribution in [0.15, 0.2) is 0 Å². The molecule has 3 heteroatoms. The number of hydrogen-bond donors (Lipinski definition) is 0. The van der Waals surface area contributed by atoms with Crippen molar-refractivity contribution in [3.8, 4) is 0 Å². The lowest BCUT2D eigenvalue weighted by molar-refractivity contribution is -0.159. The van der Waals surface area contributed by atoms with Gasteiger partial charge < -0.3 is 4.74 Å². The summed E-state index contributed by atoms with van der Waals surface area (Å²) in [7, 11) is 2.60. The minimum absolute atomic E-state index is 0.00811. The number of unbranched alkanes of at least 4 members (excludes halogenated alkanes) is 27. The second-order valence-corrected chi connectivity index (χ2v) is 14.1. The molecule has 0 bridgehead atoms. The number of carbonyl (C=O) groups is 1. The van der Waals surface area contributed by atoms with Crippen molar-refractivity contribution in [2.45, 2.75) is 238 Å². The summed E-state index contributed by atoms with van der Waals surface area (Å²) in [5.74, 6) is -0.00811. The molecule has 0 aromatic rings. The predicted molar refractivity (Wildman–Crippen MR) is 193 cm³/mol. The van der Waals surface area contributed by atoms with E-state index in [0.717, 1.165) is 19.3 Å². The first-order valence-electron chi connectivity index (χ1n) is 19.6. The number of carbonyl (C=O) groups excluding carboxylic acids is 1. The fourth-order valence-electron chi connectivity index (χ4n) is 6.62. The maximum Gasteiger partial charge on any atom is 0.310 e. The first-order chi connectivity index (χ1) is 20.6. The quantitative estimate of drug-likeness (QED) is 0.0405. The van der Waals surface area contributed by atoms with E-state index in [9.17, 15) is 4.79 Å². The van der Waals surface area contributed by atoms with Crippen molar-refractivity contribution in [1.29, 1.82) is 0 Å². The Bertz CT molecular complexity index is 475. The second kappa shape index (κ2) is 33.8. The van der Waals surface area contributed by atoms with E-state index in [2.05, 4.69) is 30.0 Å². The Kier molecular flexibility index (Phi) is 33.7. The van der Waals surface area contributed by atoms with Crippen LogP contribution in [-0.4, -0.2) is 17.7 Å². The van der Waals surface area contributed by atoms with Gasteiger partial charge in [-0.25, -0.2) is 0 Å². The lowest BCUT2D eigenvalue weighted by Crippen LogP contribution is -2.36. The number of rotatable bonds is 35. The van der Waals surface area contributed by atoms with E-state index in [1.165, 1.54) is 193 Å². The lowest BCUT2D eigenvalue weighted by Gasteiger charge is -2.34.